The molecule has 6 heteroatoms. The van der Waals surface area contributed by atoms with Gasteiger partial charge in [-0.25, -0.2) is 0 Å². The first-order valence-electron chi connectivity index (χ1n) is 8.51. The molecule has 1 fully saturated rings. The Bertz CT molecular complexity index is 711. The van der Waals surface area contributed by atoms with Crippen LogP contribution in [-0.4, -0.2) is 54.0 Å². The fourth-order valence-electron chi connectivity index (χ4n) is 3.34. The van der Waals surface area contributed by atoms with Crippen LogP contribution in [0.2, 0.25) is 0 Å². The van der Waals surface area contributed by atoms with Gasteiger partial charge >= 0.3 is 0 Å². The van der Waals surface area contributed by atoms with Crippen LogP contribution >= 0.6 is 0 Å². The third-order valence-electron chi connectivity index (χ3n) is 4.71. The Morgan fingerprint density at radius 1 is 1.28 bits per heavy atom. The highest BCUT2D eigenvalue weighted by Gasteiger charge is 2.36. The van der Waals surface area contributed by atoms with Crippen LogP contribution in [0.15, 0.2) is 36.7 Å². The molecule has 0 saturated carbocycles. The van der Waals surface area contributed by atoms with E-state index in [1.807, 2.05) is 55.5 Å². The number of benzene rings is 1. The minimum Gasteiger partial charge on any atom is -0.484 e. The number of methoxy groups -OCH3 is 1. The lowest BCUT2D eigenvalue weighted by Gasteiger charge is -2.16. The van der Waals surface area contributed by atoms with E-state index in [-0.39, 0.29) is 24.3 Å². The Hall–Kier alpha value is -2.34. The van der Waals surface area contributed by atoms with E-state index in [4.69, 9.17) is 9.47 Å². The van der Waals surface area contributed by atoms with Gasteiger partial charge in [0.15, 0.2) is 6.61 Å². The predicted molar refractivity (Wildman–Crippen MR) is 94.6 cm³/mol. The molecule has 2 aromatic rings. The molecule has 1 saturated heterocycles. The first-order valence-corrected chi connectivity index (χ1v) is 8.51. The summed E-state index contributed by atoms with van der Waals surface area (Å²) in [6.45, 7) is 4.07. The molecule has 0 spiro atoms. The van der Waals surface area contributed by atoms with E-state index in [2.05, 4.69) is 5.10 Å². The average molecular weight is 343 g/mol. The SMILES string of the molecule is COC[C@@H]1CN(C(=O)COc2ccc(C)cc2)C[C@H]1c1cnn(C)c1. The number of hydrogen-bond acceptors (Lipinski definition) is 4. The number of hydrogen-bond donors (Lipinski definition) is 0. The molecule has 1 aromatic heterocycles. The van der Waals surface area contributed by atoms with Gasteiger partial charge in [-0.2, -0.15) is 5.10 Å². The smallest absolute Gasteiger partial charge is 0.260 e. The van der Waals surface area contributed by atoms with Crippen molar-refractivity contribution < 1.29 is 14.3 Å². The van der Waals surface area contributed by atoms with Crippen molar-refractivity contribution in [3.63, 3.8) is 0 Å². The van der Waals surface area contributed by atoms with Gasteiger partial charge in [0, 0.05) is 45.3 Å². The molecule has 0 bridgehead atoms. The van der Waals surface area contributed by atoms with Crippen molar-refractivity contribution in [2.75, 3.05) is 33.4 Å². The molecule has 3 rings (SSSR count). The first kappa shape index (κ1) is 17.5. The van der Waals surface area contributed by atoms with Crippen molar-refractivity contribution in [2.24, 2.45) is 13.0 Å². The van der Waals surface area contributed by atoms with Crippen molar-refractivity contribution in [2.45, 2.75) is 12.8 Å². The molecular formula is C19H25N3O3. The molecule has 0 unspecified atom stereocenters. The fraction of sp³-hybridized carbons (Fsp3) is 0.474. The quantitative estimate of drug-likeness (QED) is 0.805. The van der Waals surface area contributed by atoms with E-state index in [0.29, 0.717) is 19.7 Å². The maximum Gasteiger partial charge on any atom is 0.260 e. The molecule has 25 heavy (non-hydrogen) atoms. The second-order valence-corrected chi connectivity index (χ2v) is 6.67. The van der Waals surface area contributed by atoms with Gasteiger partial charge in [0.2, 0.25) is 0 Å². The van der Waals surface area contributed by atoms with E-state index in [9.17, 15) is 4.79 Å². The molecule has 2 atom stereocenters. The Morgan fingerprint density at radius 3 is 2.68 bits per heavy atom. The molecule has 134 valence electrons. The van der Waals surface area contributed by atoms with E-state index < -0.39 is 0 Å². The van der Waals surface area contributed by atoms with Crippen LogP contribution in [0.4, 0.5) is 0 Å². The van der Waals surface area contributed by atoms with Crippen LogP contribution in [-0.2, 0) is 16.6 Å². The monoisotopic (exact) mass is 343 g/mol. The van der Waals surface area contributed by atoms with Crippen LogP contribution in [0, 0.1) is 12.8 Å². The largest absolute Gasteiger partial charge is 0.484 e. The topological polar surface area (TPSA) is 56.6 Å². The Balaban J connectivity index is 1.61. The van der Waals surface area contributed by atoms with Gasteiger partial charge in [-0.1, -0.05) is 17.7 Å². The average Bonchev–Trinajstić information content (AvgIpc) is 3.21. The summed E-state index contributed by atoms with van der Waals surface area (Å²) < 4.78 is 12.8. The van der Waals surface area contributed by atoms with Crippen molar-refractivity contribution in [1.82, 2.24) is 14.7 Å². The van der Waals surface area contributed by atoms with E-state index >= 15 is 0 Å². The number of aryl methyl sites for hydroxylation is 2. The number of carbonyl (C=O) groups excluding carboxylic acids is 1. The molecular weight excluding hydrogens is 318 g/mol. The lowest BCUT2D eigenvalue weighted by Crippen LogP contribution is -2.33. The van der Waals surface area contributed by atoms with Crippen LogP contribution in [0.1, 0.15) is 17.0 Å². The van der Waals surface area contributed by atoms with Crippen LogP contribution < -0.4 is 4.74 Å². The number of carbonyl (C=O) groups is 1. The number of amides is 1. The predicted octanol–water partition coefficient (Wildman–Crippen LogP) is 2.00. The summed E-state index contributed by atoms with van der Waals surface area (Å²) >= 11 is 0. The normalized spacial score (nSPS) is 20.0. The van der Waals surface area contributed by atoms with Crippen LogP contribution in [0.25, 0.3) is 0 Å². The number of ether oxygens (including phenoxy) is 2. The standard InChI is InChI=1S/C19H25N3O3/c1-14-4-6-17(7-5-14)25-13-19(23)22-10-16(12-24-3)18(11-22)15-8-20-21(2)9-15/h4-9,16,18H,10-13H2,1-3H3/t16-,18-/m0/s1. The summed E-state index contributed by atoms with van der Waals surface area (Å²) in [5.74, 6) is 1.25. The van der Waals surface area contributed by atoms with Crippen molar-refractivity contribution in [3.8, 4) is 5.75 Å². The zero-order valence-electron chi connectivity index (χ0n) is 15.0. The van der Waals surface area contributed by atoms with Crippen molar-refractivity contribution in [3.05, 3.63) is 47.8 Å². The lowest BCUT2D eigenvalue weighted by molar-refractivity contribution is -0.132. The van der Waals surface area contributed by atoms with Crippen molar-refractivity contribution in [1.29, 1.82) is 0 Å². The summed E-state index contributed by atoms with van der Waals surface area (Å²) in [5.41, 5.74) is 2.32. The van der Waals surface area contributed by atoms with Crippen LogP contribution in [0.5, 0.6) is 5.75 Å². The molecule has 1 amide bonds. The molecule has 0 aliphatic carbocycles. The van der Waals surface area contributed by atoms with Crippen molar-refractivity contribution >= 4 is 5.91 Å². The number of nitrogens with zero attached hydrogens (tertiary/aromatic N) is 3. The summed E-state index contributed by atoms with van der Waals surface area (Å²) in [6, 6.07) is 7.73. The van der Waals surface area contributed by atoms with E-state index in [1.165, 1.54) is 5.56 Å². The van der Waals surface area contributed by atoms with E-state index in [0.717, 1.165) is 11.3 Å². The second-order valence-electron chi connectivity index (χ2n) is 6.67. The van der Waals surface area contributed by atoms with Crippen LogP contribution in [0.3, 0.4) is 0 Å². The second kappa shape index (κ2) is 7.70. The van der Waals surface area contributed by atoms with Gasteiger partial charge in [0.1, 0.15) is 5.75 Å². The van der Waals surface area contributed by atoms with Gasteiger partial charge < -0.3 is 14.4 Å². The molecule has 1 aromatic carbocycles. The van der Waals surface area contributed by atoms with Gasteiger partial charge in [-0.15, -0.1) is 0 Å². The summed E-state index contributed by atoms with van der Waals surface area (Å²) in [7, 11) is 3.60. The summed E-state index contributed by atoms with van der Waals surface area (Å²) in [4.78, 5) is 14.4. The molecule has 1 aliphatic rings. The number of likely N-dealkylation sites (tertiary alicyclic amines) is 1. The third kappa shape index (κ3) is 4.20. The van der Waals surface area contributed by atoms with Gasteiger partial charge in [-0.3, -0.25) is 9.48 Å². The zero-order chi connectivity index (χ0) is 17.8. The lowest BCUT2D eigenvalue weighted by atomic mass is 9.92. The number of aromatic nitrogens is 2. The maximum absolute atomic E-state index is 12.6. The summed E-state index contributed by atoms with van der Waals surface area (Å²) in [5, 5.41) is 4.26. The zero-order valence-corrected chi connectivity index (χ0v) is 15.0. The Kier molecular flexibility index (Phi) is 5.38. The van der Waals surface area contributed by atoms with Gasteiger partial charge in [0.25, 0.3) is 5.91 Å². The Labute approximate surface area is 148 Å². The molecule has 0 N–H and O–H groups in total. The maximum atomic E-state index is 12.6. The molecule has 6 nitrogen and oxygen atoms in total. The minimum absolute atomic E-state index is 0.00747. The minimum atomic E-state index is 0.00747. The summed E-state index contributed by atoms with van der Waals surface area (Å²) in [6.07, 6.45) is 3.90. The number of rotatable bonds is 6. The molecule has 2 heterocycles. The first-order chi connectivity index (χ1) is 12.1. The fourth-order valence-corrected chi connectivity index (χ4v) is 3.34. The third-order valence-corrected chi connectivity index (χ3v) is 4.71. The highest BCUT2D eigenvalue weighted by Crippen LogP contribution is 2.32. The highest BCUT2D eigenvalue weighted by molar-refractivity contribution is 5.78. The van der Waals surface area contributed by atoms with E-state index in [1.54, 1.807) is 11.8 Å². The molecule has 0 radical (unpaired) electrons. The van der Waals surface area contributed by atoms with Gasteiger partial charge in [0.05, 0.1) is 12.8 Å². The highest BCUT2D eigenvalue weighted by atomic mass is 16.5. The Morgan fingerprint density at radius 2 is 2.04 bits per heavy atom. The van der Waals surface area contributed by atoms with Gasteiger partial charge in [-0.05, 0) is 24.6 Å². The molecule has 1 aliphatic heterocycles.